The summed E-state index contributed by atoms with van der Waals surface area (Å²) in [5.74, 6) is 1.39. The first-order chi connectivity index (χ1) is 15.5. The first-order valence-corrected chi connectivity index (χ1v) is 10.7. The Kier molecular flexibility index (Phi) is 6.51. The van der Waals surface area contributed by atoms with Crippen molar-refractivity contribution in [3.63, 3.8) is 0 Å². The SMILES string of the molecule is COc1ccc(Cc2nn(CC(=O)NCc3ccc(C)cc3)c(=S)n2-n2cccc2)cc1. The van der Waals surface area contributed by atoms with E-state index in [1.165, 1.54) is 5.56 Å². The molecular formula is C24H25N5O2S. The number of ether oxygens (including phenoxy) is 1. The summed E-state index contributed by atoms with van der Waals surface area (Å²) >= 11 is 5.67. The highest BCUT2D eigenvalue weighted by Gasteiger charge is 2.15. The third kappa shape index (κ3) is 4.97. The van der Waals surface area contributed by atoms with E-state index in [1.54, 1.807) is 11.8 Å². The minimum absolute atomic E-state index is 0.0502. The van der Waals surface area contributed by atoms with Gasteiger partial charge in [0.1, 0.15) is 12.3 Å². The molecule has 0 saturated carbocycles. The molecule has 2 aromatic carbocycles. The number of carbonyl (C=O) groups is 1. The molecule has 0 spiro atoms. The number of aryl methyl sites for hydroxylation is 1. The van der Waals surface area contributed by atoms with Gasteiger partial charge in [-0.2, -0.15) is 5.10 Å². The van der Waals surface area contributed by atoms with Crippen molar-refractivity contribution in [2.75, 3.05) is 7.11 Å². The number of methoxy groups -OCH3 is 1. The monoisotopic (exact) mass is 447 g/mol. The van der Waals surface area contributed by atoms with Crippen molar-refractivity contribution in [2.45, 2.75) is 26.4 Å². The van der Waals surface area contributed by atoms with Crippen LogP contribution in [0.1, 0.15) is 22.5 Å². The standard InChI is InChI=1S/C24H25N5O2S/c1-18-5-7-20(8-6-18)16-25-23(30)17-28-24(32)29(27-13-3-4-14-27)22(26-28)15-19-9-11-21(31-2)12-10-19/h3-14H,15-17H2,1-2H3,(H,25,30). The Morgan fingerprint density at radius 3 is 2.34 bits per heavy atom. The van der Waals surface area contributed by atoms with Crippen LogP contribution >= 0.6 is 12.2 Å². The molecule has 0 fully saturated rings. The van der Waals surface area contributed by atoms with Crippen LogP contribution in [-0.4, -0.2) is 32.1 Å². The second kappa shape index (κ2) is 9.65. The molecule has 2 heterocycles. The summed E-state index contributed by atoms with van der Waals surface area (Å²) in [6.07, 6.45) is 4.36. The predicted molar refractivity (Wildman–Crippen MR) is 125 cm³/mol. The van der Waals surface area contributed by atoms with Gasteiger partial charge >= 0.3 is 0 Å². The zero-order valence-corrected chi connectivity index (χ0v) is 18.9. The Bertz CT molecular complexity index is 1240. The number of rotatable bonds is 8. The summed E-state index contributed by atoms with van der Waals surface area (Å²) in [5, 5.41) is 7.62. The van der Waals surface area contributed by atoms with Crippen molar-refractivity contribution < 1.29 is 9.53 Å². The van der Waals surface area contributed by atoms with E-state index in [9.17, 15) is 4.79 Å². The van der Waals surface area contributed by atoms with Gasteiger partial charge < -0.3 is 10.1 Å². The van der Waals surface area contributed by atoms with Crippen LogP contribution in [0.25, 0.3) is 0 Å². The summed E-state index contributed by atoms with van der Waals surface area (Å²) in [5.41, 5.74) is 3.30. The molecule has 0 aliphatic rings. The Balaban J connectivity index is 1.54. The molecule has 7 nitrogen and oxygen atoms in total. The molecule has 0 atom stereocenters. The van der Waals surface area contributed by atoms with Crippen LogP contribution in [0.2, 0.25) is 0 Å². The Morgan fingerprint density at radius 1 is 1.03 bits per heavy atom. The van der Waals surface area contributed by atoms with E-state index in [4.69, 9.17) is 17.0 Å². The molecule has 2 aromatic heterocycles. The maximum atomic E-state index is 12.6. The van der Waals surface area contributed by atoms with Crippen LogP contribution in [0.4, 0.5) is 0 Å². The van der Waals surface area contributed by atoms with Crippen molar-refractivity contribution in [3.05, 3.63) is 100 Å². The van der Waals surface area contributed by atoms with Crippen LogP contribution < -0.4 is 10.1 Å². The second-order valence-electron chi connectivity index (χ2n) is 7.52. The fraction of sp³-hybridized carbons (Fsp3) is 0.208. The third-order valence-corrected chi connectivity index (χ3v) is 5.51. The van der Waals surface area contributed by atoms with Gasteiger partial charge in [-0.3, -0.25) is 9.47 Å². The average molecular weight is 448 g/mol. The lowest BCUT2D eigenvalue weighted by Gasteiger charge is -2.08. The molecule has 0 aliphatic heterocycles. The molecule has 0 saturated heterocycles. The van der Waals surface area contributed by atoms with Crippen molar-refractivity contribution >= 4 is 18.1 Å². The Morgan fingerprint density at radius 2 is 1.69 bits per heavy atom. The number of aromatic nitrogens is 4. The van der Waals surface area contributed by atoms with E-state index in [0.29, 0.717) is 17.7 Å². The lowest BCUT2D eigenvalue weighted by atomic mass is 10.1. The Labute approximate surface area is 191 Å². The summed E-state index contributed by atoms with van der Waals surface area (Å²) in [6.45, 7) is 2.55. The van der Waals surface area contributed by atoms with E-state index >= 15 is 0 Å². The quantitative estimate of drug-likeness (QED) is 0.418. The summed E-state index contributed by atoms with van der Waals surface area (Å²) in [7, 11) is 1.64. The van der Waals surface area contributed by atoms with Crippen LogP contribution in [-0.2, 0) is 24.3 Å². The van der Waals surface area contributed by atoms with Crippen molar-refractivity contribution in [1.29, 1.82) is 0 Å². The fourth-order valence-electron chi connectivity index (χ4n) is 3.37. The highest BCUT2D eigenvalue weighted by molar-refractivity contribution is 7.71. The number of amides is 1. The molecular weight excluding hydrogens is 422 g/mol. The topological polar surface area (TPSA) is 66.0 Å². The molecule has 4 aromatic rings. The molecule has 0 unspecified atom stereocenters. The Hall–Kier alpha value is -3.65. The van der Waals surface area contributed by atoms with Crippen LogP contribution in [0.3, 0.4) is 0 Å². The summed E-state index contributed by atoms with van der Waals surface area (Å²) in [4.78, 5) is 12.6. The number of nitrogens with zero attached hydrogens (tertiary/aromatic N) is 4. The lowest BCUT2D eigenvalue weighted by molar-refractivity contribution is -0.122. The third-order valence-electron chi connectivity index (χ3n) is 5.13. The number of nitrogens with one attached hydrogen (secondary N) is 1. The van der Waals surface area contributed by atoms with Gasteiger partial charge in [0.2, 0.25) is 10.7 Å². The minimum Gasteiger partial charge on any atom is -0.497 e. The van der Waals surface area contributed by atoms with Crippen LogP contribution in [0.15, 0.2) is 73.1 Å². The van der Waals surface area contributed by atoms with Gasteiger partial charge in [0.05, 0.1) is 7.11 Å². The molecule has 1 amide bonds. The largest absolute Gasteiger partial charge is 0.497 e. The van der Waals surface area contributed by atoms with Crippen molar-refractivity contribution in [3.8, 4) is 5.75 Å². The highest BCUT2D eigenvalue weighted by atomic mass is 32.1. The molecule has 164 valence electrons. The van der Waals surface area contributed by atoms with Gasteiger partial charge in [0.15, 0.2) is 5.82 Å². The van der Waals surface area contributed by atoms with E-state index in [2.05, 4.69) is 10.4 Å². The molecule has 32 heavy (non-hydrogen) atoms. The fourth-order valence-corrected chi connectivity index (χ4v) is 3.68. The van der Waals surface area contributed by atoms with Crippen molar-refractivity contribution in [2.24, 2.45) is 0 Å². The smallest absolute Gasteiger partial charge is 0.242 e. The number of benzene rings is 2. The van der Waals surface area contributed by atoms with Gasteiger partial charge in [-0.15, -0.1) is 0 Å². The number of carbonyl (C=O) groups excluding carboxylic acids is 1. The molecule has 8 heteroatoms. The minimum atomic E-state index is -0.144. The highest BCUT2D eigenvalue weighted by Crippen LogP contribution is 2.15. The first-order valence-electron chi connectivity index (χ1n) is 10.3. The predicted octanol–water partition coefficient (Wildman–Crippen LogP) is 3.75. The average Bonchev–Trinajstić information content (AvgIpc) is 3.42. The van der Waals surface area contributed by atoms with Crippen LogP contribution in [0.5, 0.6) is 5.75 Å². The molecule has 4 rings (SSSR count). The van der Waals surface area contributed by atoms with E-state index in [-0.39, 0.29) is 12.5 Å². The second-order valence-corrected chi connectivity index (χ2v) is 7.88. The van der Waals surface area contributed by atoms with Gasteiger partial charge in [-0.1, -0.05) is 42.0 Å². The van der Waals surface area contributed by atoms with Gasteiger partial charge in [-0.05, 0) is 54.5 Å². The van der Waals surface area contributed by atoms with Gasteiger partial charge in [0.25, 0.3) is 0 Å². The molecule has 0 radical (unpaired) electrons. The normalized spacial score (nSPS) is 10.8. The number of hydrogen-bond acceptors (Lipinski definition) is 4. The van der Waals surface area contributed by atoms with E-state index < -0.39 is 0 Å². The van der Waals surface area contributed by atoms with E-state index in [0.717, 1.165) is 22.7 Å². The zero-order chi connectivity index (χ0) is 22.5. The van der Waals surface area contributed by atoms with E-state index in [1.807, 2.05) is 89.3 Å². The molecule has 1 N–H and O–H groups in total. The first kappa shape index (κ1) is 21.6. The summed E-state index contributed by atoms with van der Waals surface area (Å²) < 4.78 is 11.0. The number of hydrogen-bond donors (Lipinski definition) is 1. The maximum Gasteiger partial charge on any atom is 0.242 e. The molecule has 0 aliphatic carbocycles. The maximum absolute atomic E-state index is 12.6. The summed E-state index contributed by atoms with van der Waals surface area (Å²) in [6, 6.07) is 19.7. The molecule has 0 bridgehead atoms. The zero-order valence-electron chi connectivity index (χ0n) is 18.1. The van der Waals surface area contributed by atoms with Crippen molar-refractivity contribution in [1.82, 2.24) is 24.4 Å². The van der Waals surface area contributed by atoms with Crippen LogP contribution in [0, 0.1) is 11.7 Å². The van der Waals surface area contributed by atoms with Gasteiger partial charge in [0, 0.05) is 25.4 Å². The van der Waals surface area contributed by atoms with Gasteiger partial charge in [-0.25, -0.2) is 9.36 Å². The lowest BCUT2D eigenvalue weighted by Crippen LogP contribution is -2.27.